The molecule has 3 aromatic rings. The van der Waals surface area contributed by atoms with Crippen LogP contribution in [0.15, 0.2) is 41.6 Å². The van der Waals surface area contributed by atoms with Crippen molar-refractivity contribution in [2.75, 3.05) is 26.2 Å². The van der Waals surface area contributed by atoms with Gasteiger partial charge in [-0.2, -0.15) is 5.10 Å². The maximum absolute atomic E-state index is 13.2. The van der Waals surface area contributed by atoms with Crippen molar-refractivity contribution in [3.63, 3.8) is 0 Å². The van der Waals surface area contributed by atoms with E-state index in [0.717, 1.165) is 38.2 Å². The first-order valence-electron chi connectivity index (χ1n) is 12.8. The summed E-state index contributed by atoms with van der Waals surface area (Å²) in [5, 5.41) is 16.0. The Morgan fingerprint density at radius 3 is 2.46 bits per heavy atom. The second kappa shape index (κ2) is 8.87. The quantitative estimate of drug-likeness (QED) is 0.584. The van der Waals surface area contributed by atoms with Gasteiger partial charge in [0, 0.05) is 25.6 Å². The van der Waals surface area contributed by atoms with Crippen LogP contribution in [-0.4, -0.2) is 71.9 Å². The molecule has 9 nitrogen and oxygen atoms in total. The summed E-state index contributed by atoms with van der Waals surface area (Å²) in [7, 11) is 0. The average molecular weight is 477 g/mol. The minimum absolute atomic E-state index is 0.163. The highest BCUT2D eigenvalue weighted by atomic mass is 16.3. The van der Waals surface area contributed by atoms with Gasteiger partial charge in [0.15, 0.2) is 5.65 Å². The largest absolute Gasteiger partial charge is 0.388 e. The topological polar surface area (TPSA) is 96.5 Å². The van der Waals surface area contributed by atoms with Crippen molar-refractivity contribution in [3.8, 4) is 5.69 Å². The molecule has 1 amide bonds. The Bertz CT molecular complexity index is 1280. The summed E-state index contributed by atoms with van der Waals surface area (Å²) in [4.78, 5) is 34.4. The second-order valence-electron chi connectivity index (χ2n) is 10.4. The maximum Gasteiger partial charge on any atom is 0.264 e. The lowest BCUT2D eigenvalue weighted by Crippen LogP contribution is -2.50. The van der Waals surface area contributed by atoms with E-state index in [2.05, 4.69) is 27.1 Å². The summed E-state index contributed by atoms with van der Waals surface area (Å²) in [5.41, 5.74) is 1.40. The number of piperidine rings is 1. The van der Waals surface area contributed by atoms with Crippen LogP contribution in [0.1, 0.15) is 44.1 Å². The van der Waals surface area contributed by atoms with Gasteiger partial charge in [0.05, 0.1) is 24.0 Å². The van der Waals surface area contributed by atoms with Gasteiger partial charge in [-0.05, 0) is 69.3 Å². The number of aromatic nitrogens is 4. The fourth-order valence-corrected chi connectivity index (χ4v) is 5.40. The van der Waals surface area contributed by atoms with Crippen molar-refractivity contribution < 1.29 is 9.90 Å². The predicted octanol–water partition coefficient (Wildman–Crippen LogP) is 1.94. The number of nitrogens with zero attached hydrogens (tertiary/aromatic N) is 6. The maximum atomic E-state index is 13.2. The molecular formula is C26H32N6O3. The van der Waals surface area contributed by atoms with Crippen molar-refractivity contribution in [2.24, 2.45) is 5.92 Å². The van der Waals surface area contributed by atoms with E-state index in [1.165, 1.54) is 29.3 Å². The van der Waals surface area contributed by atoms with Gasteiger partial charge < -0.3 is 10.0 Å². The van der Waals surface area contributed by atoms with Crippen LogP contribution in [0.4, 0.5) is 0 Å². The standard InChI is InChI=1S/C26H32N6O3/c33-24(20-5-6-20)30-13-9-26(35,10-14-30)17-31-18-27-23-22(25(31)34)15-28-32(23)21-7-3-19(4-8-21)16-29-11-1-2-12-29/h3-4,7-8,15,18,20,35H,1-2,5-6,9-14,16-17H2. The number of amides is 1. The number of aliphatic hydroxyl groups is 1. The number of carbonyl (C=O) groups is 1. The van der Waals surface area contributed by atoms with Crippen LogP contribution in [0.5, 0.6) is 0 Å². The van der Waals surface area contributed by atoms with Crippen LogP contribution in [0.25, 0.3) is 16.7 Å². The van der Waals surface area contributed by atoms with Crippen molar-refractivity contribution >= 4 is 16.9 Å². The van der Waals surface area contributed by atoms with Crippen LogP contribution >= 0.6 is 0 Å². The molecule has 6 rings (SSSR count). The molecule has 1 N–H and O–H groups in total. The second-order valence-corrected chi connectivity index (χ2v) is 10.4. The Morgan fingerprint density at radius 2 is 1.77 bits per heavy atom. The molecule has 1 aromatic carbocycles. The zero-order valence-corrected chi connectivity index (χ0v) is 20.0. The van der Waals surface area contributed by atoms with Gasteiger partial charge in [-0.15, -0.1) is 0 Å². The molecule has 0 radical (unpaired) electrons. The van der Waals surface area contributed by atoms with Gasteiger partial charge in [-0.3, -0.25) is 19.1 Å². The zero-order chi connectivity index (χ0) is 24.0. The van der Waals surface area contributed by atoms with Gasteiger partial charge in [0.2, 0.25) is 5.91 Å². The van der Waals surface area contributed by atoms with E-state index in [4.69, 9.17) is 0 Å². The molecule has 2 aromatic heterocycles. The summed E-state index contributed by atoms with van der Waals surface area (Å²) >= 11 is 0. The number of rotatable bonds is 6. The lowest BCUT2D eigenvalue weighted by Gasteiger charge is -2.38. The molecule has 1 aliphatic carbocycles. The minimum Gasteiger partial charge on any atom is -0.388 e. The first-order chi connectivity index (χ1) is 17.0. The Morgan fingerprint density at radius 1 is 1.06 bits per heavy atom. The van der Waals surface area contributed by atoms with E-state index in [1.54, 1.807) is 10.9 Å². The van der Waals surface area contributed by atoms with E-state index in [1.807, 2.05) is 17.0 Å². The molecule has 3 aliphatic rings. The summed E-state index contributed by atoms with van der Waals surface area (Å²) in [6, 6.07) is 8.26. The normalized spacial score (nSPS) is 20.5. The summed E-state index contributed by atoms with van der Waals surface area (Å²) in [6.07, 6.45) is 8.49. The fraction of sp³-hybridized carbons (Fsp3) is 0.538. The van der Waals surface area contributed by atoms with Crippen molar-refractivity contribution in [3.05, 3.63) is 52.7 Å². The van der Waals surface area contributed by atoms with E-state index >= 15 is 0 Å². The smallest absolute Gasteiger partial charge is 0.264 e. The highest BCUT2D eigenvalue weighted by Gasteiger charge is 2.39. The van der Waals surface area contributed by atoms with Crippen LogP contribution in [0, 0.1) is 5.92 Å². The molecule has 0 unspecified atom stereocenters. The molecule has 4 heterocycles. The van der Waals surface area contributed by atoms with Crippen LogP contribution in [0.2, 0.25) is 0 Å². The molecular weight excluding hydrogens is 444 g/mol. The summed E-state index contributed by atoms with van der Waals surface area (Å²) < 4.78 is 3.17. The zero-order valence-electron chi connectivity index (χ0n) is 20.0. The number of carbonyl (C=O) groups excluding carboxylic acids is 1. The monoisotopic (exact) mass is 476 g/mol. The lowest BCUT2D eigenvalue weighted by molar-refractivity contribution is -0.137. The Labute approximate surface area is 204 Å². The third-order valence-electron chi connectivity index (χ3n) is 7.74. The van der Waals surface area contributed by atoms with Gasteiger partial charge in [0.25, 0.3) is 5.56 Å². The molecule has 9 heteroatoms. The molecule has 3 fully saturated rings. The van der Waals surface area contributed by atoms with Crippen molar-refractivity contribution in [1.29, 1.82) is 0 Å². The highest BCUT2D eigenvalue weighted by Crippen LogP contribution is 2.33. The Kier molecular flexibility index (Phi) is 5.69. The molecule has 0 atom stereocenters. The van der Waals surface area contributed by atoms with Gasteiger partial charge in [-0.25, -0.2) is 9.67 Å². The molecule has 0 bridgehead atoms. The lowest BCUT2D eigenvalue weighted by atomic mass is 9.91. The molecule has 184 valence electrons. The van der Waals surface area contributed by atoms with Crippen LogP contribution < -0.4 is 5.56 Å². The molecule has 1 saturated carbocycles. The number of hydrogen-bond acceptors (Lipinski definition) is 6. The third kappa shape index (κ3) is 4.50. The number of likely N-dealkylation sites (tertiary alicyclic amines) is 2. The van der Waals surface area contributed by atoms with E-state index in [0.29, 0.717) is 37.0 Å². The minimum atomic E-state index is -1.03. The molecule has 2 saturated heterocycles. The number of benzene rings is 1. The van der Waals surface area contributed by atoms with E-state index in [9.17, 15) is 14.7 Å². The van der Waals surface area contributed by atoms with Gasteiger partial charge in [0.1, 0.15) is 11.7 Å². The third-order valence-corrected chi connectivity index (χ3v) is 7.74. The molecule has 2 aliphatic heterocycles. The first kappa shape index (κ1) is 22.4. The van der Waals surface area contributed by atoms with Gasteiger partial charge in [-0.1, -0.05) is 12.1 Å². The number of fused-ring (bicyclic) bond motifs is 1. The van der Waals surface area contributed by atoms with Crippen molar-refractivity contribution in [2.45, 2.75) is 57.2 Å². The summed E-state index contributed by atoms with van der Waals surface area (Å²) in [5.74, 6) is 0.400. The average Bonchev–Trinajstić information content (AvgIpc) is 3.42. The van der Waals surface area contributed by atoms with E-state index < -0.39 is 5.60 Å². The van der Waals surface area contributed by atoms with Crippen LogP contribution in [0.3, 0.4) is 0 Å². The molecule has 0 spiro atoms. The van der Waals surface area contributed by atoms with E-state index in [-0.39, 0.29) is 23.9 Å². The predicted molar refractivity (Wildman–Crippen MR) is 131 cm³/mol. The SMILES string of the molecule is O=C(C1CC1)N1CCC(O)(Cn2cnc3c(cnn3-c3ccc(CN4CCCC4)cc3)c2=O)CC1. The highest BCUT2D eigenvalue weighted by molar-refractivity contribution is 5.81. The molecule has 35 heavy (non-hydrogen) atoms. The fourth-order valence-electron chi connectivity index (χ4n) is 5.40. The van der Waals surface area contributed by atoms with Crippen molar-refractivity contribution in [1.82, 2.24) is 29.1 Å². The first-order valence-corrected chi connectivity index (χ1v) is 12.8. The number of hydrogen-bond donors (Lipinski definition) is 1. The Hall–Kier alpha value is -3.04. The Balaban J connectivity index is 1.17. The van der Waals surface area contributed by atoms with Crippen LogP contribution in [-0.2, 0) is 17.9 Å². The summed E-state index contributed by atoms with van der Waals surface area (Å²) in [6.45, 7) is 4.50. The van der Waals surface area contributed by atoms with Gasteiger partial charge >= 0.3 is 0 Å².